The van der Waals surface area contributed by atoms with Crippen molar-refractivity contribution in [1.82, 2.24) is 0 Å². The van der Waals surface area contributed by atoms with E-state index in [2.05, 4.69) is 30.5 Å². The summed E-state index contributed by atoms with van der Waals surface area (Å²) in [6.45, 7) is 8.18. The van der Waals surface area contributed by atoms with Crippen LogP contribution in [0.2, 0.25) is 0 Å². The van der Waals surface area contributed by atoms with Gasteiger partial charge in [0.15, 0.2) is 6.10 Å². The molecule has 0 saturated heterocycles. The van der Waals surface area contributed by atoms with Gasteiger partial charge in [-0.25, -0.2) is 0 Å². The normalized spacial score (nSPS) is 12.7. The summed E-state index contributed by atoms with van der Waals surface area (Å²) in [5, 5.41) is 5.75. The number of hydrogen-bond acceptors (Lipinski definition) is 3. The van der Waals surface area contributed by atoms with Crippen LogP contribution in [0.3, 0.4) is 0 Å². The van der Waals surface area contributed by atoms with Crippen molar-refractivity contribution in [1.29, 1.82) is 0 Å². The molecule has 2 amide bonds. The molecule has 2 atom stereocenters. The van der Waals surface area contributed by atoms with E-state index in [1.165, 1.54) is 0 Å². The van der Waals surface area contributed by atoms with E-state index in [0.717, 1.165) is 24.2 Å². The lowest BCUT2D eigenvalue weighted by Crippen LogP contribution is -2.32. The number of anilines is 2. The quantitative estimate of drug-likeness (QED) is 0.538. The van der Waals surface area contributed by atoms with Crippen molar-refractivity contribution in [2.75, 3.05) is 10.6 Å². The van der Waals surface area contributed by atoms with E-state index in [1.54, 1.807) is 24.3 Å². The van der Waals surface area contributed by atoms with Crippen LogP contribution in [0, 0.1) is 0 Å². The number of carbonyl (C=O) groups excluding carboxylic acids is 2. The van der Waals surface area contributed by atoms with Crippen LogP contribution in [0.15, 0.2) is 48.5 Å². The summed E-state index contributed by atoms with van der Waals surface area (Å²) in [5.41, 5.74) is 2.40. The number of benzene rings is 2. The first-order chi connectivity index (χ1) is 14.0. The monoisotopic (exact) mass is 396 g/mol. The molecule has 0 aromatic heterocycles. The number of para-hydroxylation sites is 1. The van der Waals surface area contributed by atoms with Crippen LogP contribution in [0.1, 0.15) is 64.9 Å². The smallest absolute Gasteiger partial charge is 0.265 e. The van der Waals surface area contributed by atoms with Crippen LogP contribution >= 0.6 is 0 Å². The Balaban J connectivity index is 2.08. The van der Waals surface area contributed by atoms with E-state index in [1.807, 2.05) is 32.0 Å². The maximum Gasteiger partial charge on any atom is 0.265 e. The summed E-state index contributed by atoms with van der Waals surface area (Å²) in [7, 11) is 0. The molecule has 5 heteroatoms. The number of hydrogen-bond donors (Lipinski definition) is 2. The third-order valence-corrected chi connectivity index (χ3v) is 4.89. The molecule has 5 nitrogen and oxygen atoms in total. The van der Waals surface area contributed by atoms with Crippen LogP contribution < -0.4 is 15.4 Å². The molecule has 0 radical (unpaired) electrons. The van der Waals surface area contributed by atoms with Gasteiger partial charge >= 0.3 is 0 Å². The van der Waals surface area contributed by atoms with Crippen molar-refractivity contribution in [2.24, 2.45) is 0 Å². The van der Waals surface area contributed by atoms with Crippen LogP contribution in [0.4, 0.5) is 11.4 Å². The molecule has 0 aliphatic carbocycles. The molecule has 29 heavy (non-hydrogen) atoms. The lowest BCUT2D eigenvalue weighted by atomic mass is 9.98. The molecule has 0 fully saturated rings. The summed E-state index contributed by atoms with van der Waals surface area (Å²) in [5.74, 6) is 0.871. The number of nitrogens with one attached hydrogen (secondary N) is 2. The van der Waals surface area contributed by atoms with E-state index in [-0.39, 0.29) is 11.8 Å². The summed E-state index contributed by atoms with van der Waals surface area (Å²) in [6, 6.07) is 15.1. The highest BCUT2D eigenvalue weighted by Gasteiger charge is 2.21. The van der Waals surface area contributed by atoms with Crippen molar-refractivity contribution in [2.45, 2.75) is 65.4 Å². The first kappa shape index (κ1) is 22.5. The molecule has 2 rings (SSSR count). The Morgan fingerprint density at radius 2 is 1.62 bits per heavy atom. The highest BCUT2D eigenvalue weighted by atomic mass is 16.5. The van der Waals surface area contributed by atoms with E-state index < -0.39 is 6.10 Å². The number of amides is 2. The zero-order chi connectivity index (χ0) is 21.2. The van der Waals surface area contributed by atoms with Crippen molar-refractivity contribution in [3.8, 4) is 5.75 Å². The third kappa shape index (κ3) is 6.63. The molecular weight excluding hydrogens is 364 g/mol. The van der Waals surface area contributed by atoms with Gasteiger partial charge in [-0.15, -0.1) is 0 Å². The molecule has 156 valence electrons. The van der Waals surface area contributed by atoms with Gasteiger partial charge in [-0.05, 0) is 55.0 Å². The molecule has 0 heterocycles. The van der Waals surface area contributed by atoms with Gasteiger partial charge in [-0.2, -0.15) is 0 Å². The maximum atomic E-state index is 12.8. The van der Waals surface area contributed by atoms with Gasteiger partial charge in [0.1, 0.15) is 5.75 Å². The van der Waals surface area contributed by atoms with E-state index in [4.69, 9.17) is 4.74 Å². The van der Waals surface area contributed by atoms with Crippen LogP contribution in [0.5, 0.6) is 5.75 Å². The number of carbonyl (C=O) groups is 2. The highest BCUT2D eigenvalue weighted by Crippen LogP contribution is 2.29. The van der Waals surface area contributed by atoms with Gasteiger partial charge < -0.3 is 15.4 Å². The zero-order valence-corrected chi connectivity index (χ0v) is 17.8. The average Bonchev–Trinajstić information content (AvgIpc) is 2.72. The van der Waals surface area contributed by atoms with E-state index in [9.17, 15) is 9.59 Å². The minimum atomic E-state index is -0.599. The van der Waals surface area contributed by atoms with Crippen LogP contribution in [-0.2, 0) is 9.59 Å². The second-order valence-corrected chi connectivity index (χ2v) is 7.23. The minimum absolute atomic E-state index is 0.0348. The Hall–Kier alpha value is -2.82. The SMILES string of the molecule is CCCC(=O)Nc1cccc(NC(=O)C(CC)Oc2ccccc2C(C)CC)c1. The molecular formula is C24H32N2O3. The Morgan fingerprint density at radius 3 is 2.28 bits per heavy atom. The van der Waals surface area contributed by atoms with Crippen molar-refractivity contribution in [3.05, 3.63) is 54.1 Å². The predicted octanol–water partition coefficient (Wildman–Crippen LogP) is 5.73. The first-order valence-electron chi connectivity index (χ1n) is 10.4. The maximum absolute atomic E-state index is 12.8. The van der Waals surface area contributed by atoms with Crippen molar-refractivity contribution < 1.29 is 14.3 Å². The second kappa shape index (κ2) is 11.2. The van der Waals surface area contributed by atoms with Gasteiger partial charge in [0.05, 0.1) is 0 Å². The van der Waals surface area contributed by atoms with Crippen molar-refractivity contribution in [3.63, 3.8) is 0 Å². The molecule has 2 aromatic carbocycles. The lowest BCUT2D eigenvalue weighted by Gasteiger charge is -2.21. The fourth-order valence-electron chi connectivity index (χ4n) is 3.04. The number of ether oxygens (including phenoxy) is 1. The Kier molecular flexibility index (Phi) is 8.71. The zero-order valence-electron chi connectivity index (χ0n) is 17.8. The van der Waals surface area contributed by atoms with Gasteiger partial charge in [-0.3, -0.25) is 9.59 Å². The first-order valence-corrected chi connectivity index (χ1v) is 10.4. The fraction of sp³-hybridized carbons (Fsp3) is 0.417. The summed E-state index contributed by atoms with van der Waals surface area (Å²) >= 11 is 0. The minimum Gasteiger partial charge on any atom is -0.480 e. The Bertz CT molecular complexity index is 819. The standard InChI is InChI=1S/C24H32N2O3/c1-5-11-23(27)25-18-12-10-13-19(16-18)26-24(28)21(7-3)29-22-15-9-8-14-20(22)17(4)6-2/h8-10,12-17,21H,5-7,11H2,1-4H3,(H,25,27)(H,26,28). The van der Waals surface area contributed by atoms with Crippen LogP contribution in [-0.4, -0.2) is 17.9 Å². The molecule has 2 unspecified atom stereocenters. The average molecular weight is 397 g/mol. The predicted molar refractivity (Wildman–Crippen MR) is 118 cm³/mol. The van der Waals surface area contributed by atoms with Gasteiger partial charge in [0.25, 0.3) is 5.91 Å². The van der Waals surface area contributed by atoms with Crippen molar-refractivity contribution >= 4 is 23.2 Å². The van der Waals surface area contributed by atoms with Crippen LogP contribution in [0.25, 0.3) is 0 Å². The summed E-state index contributed by atoms with van der Waals surface area (Å²) < 4.78 is 6.10. The molecule has 0 bridgehead atoms. The Labute approximate surface area is 173 Å². The van der Waals surface area contributed by atoms with E-state index >= 15 is 0 Å². The molecule has 2 N–H and O–H groups in total. The molecule has 0 saturated carbocycles. The van der Waals surface area contributed by atoms with E-state index in [0.29, 0.717) is 30.1 Å². The molecule has 0 aliphatic heterocycles. The van der Waals surface area contributed by atoms with Gasteiger partial charge in [-0.1, -0.05) is 52.0 Å². The number of rotatable bonds is 10. The topological polar surface area (TPSA) is 67.4 Å². The molecule has 2 aromatic rings. The molecule has 0 aliphatic rings. The molecule has 0 spiro atoms. The lowest BCUT2D eigenvalue weighted by molar-refractivity contribution is -0.122. The fourth-order valence-corrected chi connectivity index (χ4v) is 3.04. The summed E-state index contributed by atoms with van der Waals surface area (Å²) in [4.78, 5) is 24.6. The highest BCUT2D eigenvalue weighted by molar-refractivity contribution is 5.96. The Morgan fingerprint density at radius 1 is 0.931 bits per heavy atom. The third-order valence-electron chi connectivity index (χ3n) is 4.89. The van der Waals surface area contributed by atoms with Gasteiger partial charge in [0.2, 0.25) is 5.91 Å². The summed E-state index contributed by atoms with van der Waals surface area (Å²) in [6.07, 6.45) is 2.21. The largest absolute Gasteiger partial charge is 0.480 e. The second-order valence-electron chi connectivity index (χ2n) is 7.23. The van der Waals surface area contributed by atoms with Gasteiger partial charge in [0, 0.05) is 17.8 Å².